The number of ether oxygens (including phenoxy) is 1. The number of pyridine rings is 1. The summed E-state index contributed by atoms with van der Waals surface area (Å²) in [4.78, 5) is 28.3. The largest absolute Gasteiger partial charge is 0.444 e. The maximum atomic E-state index is 12.0. The van der Waals surface area contributed by atoms with Crippen molar-refractivity contribution in [2.24, 2.45) is 0 Å². The summed E-state index contributed by atoms with van der Waals surface area (Å²) in [5, 5.41) is 0.473. The average molecular weight is 319 g/mol. The number of carbonyl (C=O) groups is 2. The maximum absolute atomic E-state index is 12.0. The van der Waals surface area contributed by atoms with Crippen molar-refractivity contribution in [1.29, 1.82) is 0 Å². The first-order valence-electron chi connectivity index (χ1n) is 5.87. The van der Waals surface area contributed by atoms with Crippen LogP contribution in [0.4, 0.5) is 4.79 Å². The fraction of sp³-hybridized carbons (Fsp3) is 0.462. The number of hydrogen-bond acceptors (Lipinski definition) is 4. The highest BCUT2D eigenvalue weighted by Crippen LogP contribution is 2.27. The molecule has 0 fully saturated rings. The van der Waals surface area contributed by atoms with Crippen molar-refractivity contribution in [3.63, 3.8) is 0 Å². The van der Waals surface area contributed by atoms with Crippen molar-refractivity contribution in [2.45, 2.75) is 32.4 Å². The van der Waals surface area contributed by atoms with Crippen LogP contribution in [0, 0.1) is 0 Å². The Labute approximate surface area is 127 Å². The number of halogens is 2. The van der Waals surface area contributed by atoms with Gasteiger partial charge in [0.2, 0.25) is 0 Å². The highest BCUT2D eigenvalue weighted by Gasteiger charge is 2.27. The first-order valence-corrected chi connectivity index (χ1v) is 6.63. The second-order valence-electron chi connectivity index (χ2n) is 5.20. The molecule has 1 atom stereocenters. The number of nitrogens with zero attached hydrogens (tertiary/aromatic N) is 2. The van der Waals surface area contributed by atoms with Gasteiger partial charge in [0, 0.05) is 18.8 Å². The predicted molar refractivity (Wildman–Crippen MR) is 77.1 cm³/mol. The zero-order valence-electron chi connectivity index (χ0n) is 11.7. The molecule has 0 N–H and O–H groups in total. The van der Waals surface area contributed by atoms with Gasteiger partial charge in [0.05, 0.1) is 5.02 Å². The number of amides is 1. The minimum Gasteiger partial charge on any atom is -0.444 e. The van der Waals surface area contributed by atoms with E-state index in [1.165, 1.54) is 19.3 Å². The van der Waals surface area contributed by atoms with Crippen LogP contribution in [0.25, 0.3) is 0 Å². The molecule has 7 heteroatoms. The van der Waals surface area contributed by atoms with Crippen LogP contribution in [0.5, 0.6) is 0 Å². The lowest BCUT2D eigenvalue weighted by atomic mass is 10.1. The lowest BCUT2D eigenvalue weighted by Crippen LogP contribution is -2.37. The monoisotopic (exact) mass is 318 g/mol. The quantitative estimate of drug-likeness (QED) is 0.632. The summed E-state index contributed by atoms with van der Waals surface area (Å²) in [7, 11) is 1.46. The molecular weight excluding hydrogens is 303 g/mol. The number of likely N-dealkylation sites (N-methyl/N-ethyl adjacent to an activating group) is 1. The number of aldehydes is 1. The fourth-order valence-corrected chi connectivity index (χ4v) is 1.93. The minimum atomic E-state index is -0.887. The van der Waals surface area contributed by atoms with E-state index in [1.807, 2.05) is 0 Å². The van der Waals surface area contributed by atoms with E-state index in [4.69, 9.17) is 27.9 Å². The lowest BCUT2D eigenvalue weighted by Gasteiger charge is -2.28. The summed E-state index contributed by atoms with van der Waals surface area (Å²) in [5.41, 5.74) is -0.264. The summed E-state index contributed by atoms with van der Waals surface area (Å²) in [5.74, 6) is 0. The van der Waals surface area contributed by atoms with Crippen molar-refractivity contribution in [3.8, 4) is 0 Å². The van der Waals surface area contributed by atoms with Gasteiger partial charge in [-0.05, 0) is 26.8 Å². The number of aromatic nitrogens is 1. The van der Waals surface area contributed by atoms with E-state index in [1.54, 1.807) is 20.8 Å². The Morgan fingerprint density at radius 3 is 2.50 bits per heavy atom. The van der Waals surface area contributed by atoms with Gasteiger partial charge >= 0.3 is 6.09 Å². The Bertz CT molecular complexity index is 515. The molecule has 1 unspecified atom stereocenters. The molecule has 0 aliphatic heterocycles. The Kier molecular flexibility index (Phi) is 5.36. The fourth-order valence-electron chi connectivity index (χ4n) is 1.46. The molecule has 1 aromatic rings. The van der Waals surface area contributed by atoms with Crippen LogP contribution in [-0.2, 0) is 9.53 Å². The molecule has 20 heavy (non-hydrogen) atoms. The highest BCUT2D eigenvalue weighted by molar-refractivity contribution is 6.34. The van der Waals surface area contributed by atoms with Gasteiger partial charge in [-0.15, -0.1) is 0 Å². The first kappa shape index (κ1) is 16.7. The molecule has 0 saturated carbocycles. The Morgan fingerprint density at radius 2 is 2.05 bits per heavy atom. The van der Waals surface area contributed by atoms with E-state index in [-0.39, 0.29) is 10.2 Å². The molecule has 0 aromatic carbocycles. The van der Waals surface area contributed by atoms with Crippen molar-refractivity contribution < 1.29 is 14.3 Å². The van der Waals surface area contributed by atoms with E-state index in [0.29, 0.717) is 11.8 Å². The smallest absolute Gasteiger partial charge is 0.410 e. The van der Waals surface area contributed by atoms with Crippen LogP contribution in [0.2, 0.25) is 10.2 Å². The zero-order chi connectivity index (χ0) is 15.5. The third kappa shape index (κ3) is 4.35. The number of hydrogen-bond donors (Lipinski definition) is 0. The van der Waals surface area contributed by atoms with Crippen molar-refractivity contribution in [1.82, 2.24) is 9.88 Å². The average Bonchev–Trinajstić information content (AvgIpc) is 2.30. The van der Waals surface area contributed by atoms with Gasteiger partial charge in [0.1, 0.15) is 23.1 Å². The van der Waals surface area contributed by atoms with Gasteiger partial charge in [-0.3, -0.25) is 4.90 Å². The molecular formula is C13H16Cl2N2O3. The molecule has 1 rings (SSSR count). The van der Waals surface area contributed by atoms with Crippen LogP contribution >= 0.6 is 23.2 Å². The van der Waals surface area contributed by atoms with Gasteiger partial charge in [0.25, 0.3) is 0 Å². The third-order valence-corrected chi connectivity index (χ3v) is 2.93. The summed E-state index contributed by atoms with van der Waals surface area (Å²) in [6.45, 7) is 5.22. The van der Waals surface area contributed by atoms with Gasteiger partial charge in [-0.1, -0.05) is 23.2 Å². The molecule has 1 aromatic heterocycles. The van der Waals surface area contributed by atoms with Crippen LogP contribution in [-0.4, -0.2) is 34.9 Å². The van der Waals surface area contributed by atoms with Gasteiger partial charge in [-0.2, -0.15) is 0 Å². The van der Waals surface area contributed by atoms with E-state index in [0.717, 1.165) is 4.90 Å². The van der Waals surface area contributed by atoms with E-state index in [2.05, 4.69) is 4.98 Å². The molecule has 0 bridgehead atoms. The molecule has 110 valence electrons. The van der Waals surface area contributed by atoms with Gasteiger partial charge < -0.3 is 9.53 Å². The summed E-state index contributed by atoms with van der Waals surface area (Å²) in [6.07, 6.45) is 1.34. The van der Waals surface area contributed by atoms with E-state index in [9.17, 15) is 9.59 Å². The number of carbonyl (C=O) groups excluding carboxylic acids is 2. The molecule has 0 saturated heterocycles. The zero-order valence-corrected chi connectivity index (χ0v) is 13.2. The van der Waals surface area contributed by atoms with Crippen LogP contribution < -0.4 is 0 Å². The van der Waals surface area contributed by atoms with Crippen molar-refractivity contribution >= 4 is 35.6 Å². The molecule has 0 aliphatic carbocycles. The molecule has 1 heterocycles. The maximum Gasteiger partial charge on any atom is 0.410 e. The predicted octanol–water partition coefficient (Wildman–Crippen LogP) is 3.50. The van der Waals surface area contributed by atoms with Crippen LogP contribution in [0.1, 0.15) is 32.4 Å². The Balaban J connectivity index is 3.01. The van der Waals surface area contributed by atoms with E-state index < -0.39 is 17.7 Å². The summed E-state index contributed by atoms with van der Waals surface area (Å²) in [6, 6.07) is 0.528. The third-order valence-electron chi connectivity index (χ3n) is 2.39. The van der Waals surface area contributed by atoms with Crippen LogP contribution in [0.3, 0.4) is 0 Å². The molecule has 5 nitrogen and oxygen atoms in total. The second-order valence-corrected chi connectivity index (χ2v) is 6.00. The SMILES string of the molecule is CN(C(=O)OC(C)(C)C)C(C=O)c1cnc(Cl)cc1Cl. The summed E-state index contributed by atoms with van der Waals surface area (Å²) < 4.78 is 5.21. The Morgan fingerprint density at radius 1 is 1.45 bits per heavy atom. The van der Waals surface area contributed by atoms with Crippen molar-refractivity contribution in [3.05, 3.63) is 28.0 Å². The summed E-state index contributed by atoms with van der Waals surface area (Å²) >= 11 is 11.7. The topological polar surface area (TPSA) is 59.5 Å². The van der Waals surface area contributed by atoms with Crippen LogP contribution in [0.15, 0.2) is 12.3 Å². The van der Waals surface area contributed by atoms with Crippen molar-refractivity contribution in [2.75, 3.05) is 7.05 Å². The molecule has 1 amide bonds. The lowest BCUT2D eigenvalue weighted by molar-refractivity contribution is -0.112. The second kappa shape index (κ2) is 6.41. The van der Waals surface area contributed by atoms with Gasteiger partial charge in [0.15, 0.2) is 0 Å². The molecule has 0 aliphatic rings. The highest BCUT2D eigenvalue weighted by atomic mass is 35.5. The molecule has 0 spiro atoms. The Hall–Kier alpha value is -1.33. The number of rotatable bonds is 3. The van der Waals surface area contributed by atoms with E-state index >= 15 is 0 Å². The standard InChI is InChI=1S/C13H16Cl2N2O3/c1-13(2,3)20-12(19)17(4)10(7-18)8-6-16-11(15)5-9(8)14/h5-7,10H,1-4H3. The minimum absolute atomic E-state index is 0.211. The molecule has 0 radical (unpaired) electrons. The first-order chi connectivity index (χ1) is 9.15. The van der Waals surface area contributed by atoms with Gasteiger partial charge in [-0.25, -0.2) is 9.78 Å². The normalized spacial score (nSPS) is 12.7.